The zero-order valence-electron chi connectivity index (χ0n) is 11.6. The van der Waals surface area contributed by atoms with E-state index in [4.69, 9.17) is 11.1 Å². The van der Waals surface area contributed by atoms with Gasteiger partial charge >= 0.3 is 0 Å². The van der Waals surface area contributed by atoms with E-state index in [-0.39, 0.29) is 5.84 Å². The first-order valence-electron chi connectivity index (χ1n) is 6.16. The molecule has 0 saturated carbocycles. The molecular formula is C12H22N6. The van der Waals surface area contributed by atoms with E-state index in [1.165, 1.54) is 0 Å². The first-order chi connectivity index (χ1) is 8.40. The number of rotatable bonds is 6. The number of nitrogens with zero attached hydrogens (tertiary/aromatic N) is 4. The SMILES string of the molecule is Cc1nnc(N(CCC(=N)N)CC(C)C)nc1C. The number of hydrogen-bond acceptors (Lipinski definition) is 5. The average Bonchev–Trinajstić information content (AvgIpc) is 2.27. The van der Waals surface area contributed by atoms with Crippen LogP contribution in [0.3, 0.4) is 0 Å². The molecule has 0 spiro atoms. The van der Waals surface area contributed by atoms with Gasteiger partial charge < -0.3 is 10.6 Å². The molecule has 0 aliphatic carbocycles. The van der Waals surface area contributed by atoms with Gasteiger partial charge in [-0.2, -0.15) is 5.10 Å². The topological polar surface area (TPSA) is 91.8 Å². The second-order valence-electron chi connectivity index (χ2n) is 4.90. The monoisotopic (exact) mass is 250 g/mol. The second kappa shape index (κ2) is 6.28. The van der Waals surface area contributed by atoms with Crippen molar-refractivity contribution in [2.24, 2.45) is 11.7 Å². The molecule has 1 rings (SSSR count). The number of nitrogens with two attached hydrogens (primary N) is 1. The predicted octanol–water partition coefficient (Wildman–Crippen LogP) is 1.28. The number of amidine groups is 1. The lowest BCUT2D eigenvalue weighted by molar-refractivity contribution is 0.598. The fourth-order valence-electron chi connectivity index (χ4n) is 1.55. The van der Waals surface area contributed by atoms with E-state index in [0.29, 0.717) is 24.8 Å². The molecule has 3 N–H and O–H groups in total. The lowest BCUT2D eigenvalue weighted by atomic mass is 10.2. The molecule has 0 atom stereocenters. The number of anilines is 1. The van der Waals surface area contributed by atoms with E-state index < -0.39 is 0 Å². The number of nitrogens with one attached hydrogen (secondary N) is 1. The van der Waals surface area contributed by atoms with Gasteiger partial charge in [0.1, 0.15) is 0 Å². The van der Waals surface area contributed by atoms with Gasteiger partial charge in [0.25, 0.3) is 0 Å². The van der Waals surface area contributed by atoms with Crippen molar-refractivity contribution in [1.82, 2.24) is 15.2 Å². The Balaban J connectivity index is 2.86. The highest BCUT2D eigenvalue weighted by molar-refractivity contribution is 5.77. The van der Waals surface area contributed by atoms with Gasteiger partial charge in [0.2, 0.25) is 5.95 Å². The van der Waals surface area contributed by atoms with Crippen LogP contribution < -0.4 is 10.6 Å². The summed E-state index contributed by atoms with van der Waals surface area (Å²) in [7, 11) is 0. The Bertz CT molecular complexity index is 415. The summed E-state index contributed by atoms with van der Waals surface area (Å²) < 4.78 is 0. The summed E-state index contributed by atoms with van der Waals surface area (Å²) in [4.78, 5) is 6.48. The molecule has 0 fully saturated rings. The zero-order chi connectivity index (χ0) is 13.7. The molecule has 6 heteroatoms. The Morgan fingerprint density at radius 3 is 2.44 bits per heavy atom. The summed E-state index contributed by atoms with van der Waals surface area (Å²) in [5.74, 6) is 1.29. The van der Waals surface area contributed by atoms with E-state index in [1.807, 2.05) is 18.7 Å². The Morgan fingerprint density at radius 2 is 1.94 bits per heavy atom. The first-order valence-corrected chi connectivity index (χ1v) is 6.16. The van der Waals surface area contributed by atoms with Crippen molar-refractivity contribution in [3.8, 4) is 0 Å². The largest absolute Gasteiger partial charge is 0.388 e. The zero-order valence-corrected chi connectivity index (χ0v) is 11.6. The molecule has 0 saturated heterocycles. The minimum atomic E-state index is 0.181. The molecule has 0 aromatic carbocycles. The third kappa shape index (κ3) is 4.27. The Morgan fingerprint density at radius 1 is 1.28 bits per heavy atom. The smallest absolute Gasteiger partial charge is 0.245 e. The molecule has 1 aromatic heterocycles. The lowest BCUT2D eigenvalue weighted by Gasteiger charge is -2.24. The van der Waals surface area contributed by atoms with Crippen LogP contribution in [0.25, 0.3) is 0 Å². The van der Waals surface area contributed by atoms with Gasteiger partial charge in [-0.25, -0.2) is 4.98 Å². The summed E-state index contributed by atoms with van der Waals surface area (Å²) in [6.07, 6.45) is 0.517. The van der Waals surface area contributed by atoms with Crippen LogP contribution in [0, 0.1) is 25.2 Å². The Labute approximate surface area is 108 Å². The van der Waals surface area contributed by atoms with Crippen LogP contribution in [-0.4, -0.2) is 34.1 Å². The molecule has 6 nitrogen and oxygen atoms in total. The highest BCUT2D eigenvalue weighted by atomic mass is 15.3. The van der Waals surface area contributed by atoms with Crippen LogP contribution in [0.1, 0.15) is 31.7 Å². The third-order valence-corrected chi connectivity index (χ3v) is 2.60. The molecule has 18 heavy (non-hydrogen) atoms. The normalized spacial score (nSPS) is 10.7. The molecule has 100 valence electrons. The first kappa shape index (κ1) is 14.3. The van der Waals surface area contributed by atoms with Crippen LogP contribution in [0.5, 0.6) is 0 Å². The van der Waals surface area contributed by atoms with Crippen LogP contribution in [-0.2, 0) is 0 Å². The Hall–Kier alpha value is -1.72. The molecule has 0 bridgehead atoms. The summed E-state index contributed by atoms with van der Waals surface area (Å²) in [5, 5.41) is 15.5. The Kier molecular flexibility index (Phi) is 5.00. The summed E-state index contributed by atoms with van der Waals surface area (Å²) in [6.45, 7) is 9.56. The van der Waals surface area contributed by atoms with Crippen molar-refractivity contribution in [2.75, 3.05) is 18.0 Å². The predicted molar refractivity (Wildman–Crippen MR) is 72.9 cm³/mol. The van der Waals surface area contributed by atoms with Crippen LogP contribution in [0.4, 0.5) is 5.95 Å². The molecule has 0 aliphatic heterocycles. The highest BCUT2D eigenvalue weighted by Crippen LogP contribution is 2.11. The van der Waals surface area contributed by atoms with E-state index in [9.17, 15) is 0 Å². The van der Waals surface area contributed by atoms with E-state index in [1.54, 1.807) is 0 Å². The van der Waals surface area contributed by atoms with Gasteiger partial charge in [0, 0.05) is 19.5 Å². The highest BCUT2D eigenvalue weighted by Gasteiger charge is 2.13. The van der Waals surface area contributed by atoms with Crippen molar-refractivity contribution in [3.63, 3.8) is 0 Å². The fourth-order valence-corrected chi connectivity index (χ4v) is 1.55. The van der Waals surface area contributed by atoms with Crippen molar-refractivity contribution >= 4 is 11.8 Å². The van der Waals surface area contributed by atoms with Crippen molar-refractivity contribution in [3.05, 3.63) is 11.4 Å². The van der Waals surface area contributed by atoms with Gasteiger partial charge in [-0.1, -0.05) is 13.8 Å². The molecule has 0 unspecified atom stereocenters. The van der Waals surface area contributed by atoms with Crippen LogP contribution in [0.15, 0.2) is 0 Å². The number of aryl methyl sites for hydroxylation is 2. The van der Waals surface area contributed by atoms with Crippen molar-refractivity contribution in [2.45, 2.75) is 34.1 Å². The molecule has 1 heterocycles. The fraction of sp³-hybridized carbons (Fsp3) is 0.667. The van der Waals surface area contributed by atoms with Gasteiger partial charge in [0.15, 0.2) is 0 Å². The van der Waals surface area contributed by atoms with Crippen LogP contribution in [0.2, 0.25) is 0 Å². The third-order valence-electron chi connectivity index (χ3n) is 2.60. The molecule has 0 amide bonds. The number of aromatic nitrogens is 3. The summed E-state index contributed by atoms with van der Waals surface area (Å²) in [5.41, 5.74) is 7.13. The van der Waals surface area contributed by atoms with Crippen LogP contribution >= 0.6 is 0 Å². The summed E-state index contributed by atoms with van der Waals surface area (Å²) >= 11 is 0. The molecule has 0 radical (unpaired) electrons. The van der Waals surface area contributed by atoms with E-state index in [0.717, 1.165) is 17.9 Å². The maximum atomic E-state index is 7.30. The summed E-state index contributed by atoms with van der Waals surface area (Å²) in [6, 6.07) is 0. The maximum absolute atomic E-state index is 7.30. The van der Waals surface area contributed by atoms with Gasteiger partial charge in [-0.3, -0.25) is 5.41 Å². The average molecular weight is 250 g/mol. The van der Waals surface area contributed by atoms with Gasteiger partial charge in [-0.05, 0) is 19.8 Å². The molecule has 1 aromatic rings. The molecule has 0 aliphatic rings. The van der Waals surface area contributed by atoms with Gasteiger partial charge in [0.05, 0.1) is 17.2 Å². The van der Waals surface area contributed by atoms with Crippen molar-refractivity contribution in [1.29, 1.82) is 5.41 Å². The second-order valence-corrected chi connectivity index (χ2v) is 4.90. The van der Waals surface area contributed by atoms with Gasteiger partial charge in [-0.15, -0.1) is 5.10 Å². The van der Waals surface area contributed by atoms with E-state index >= 15 is 0 Å². The maximum Gasteiger partial charge on any atom is 0.245 e. The molecular weight excluding hydrogens is 228 g/mol. The minimum absolute atomic E-state index is 0.181. The standard InChI is InChI=1S/C12H22N6/c1-8(2)7-18(6-5-11(13)14)12-15-9(3)10(4)16-17-12/h8H,5-7H2,1-4H3,(H3,13,14). The van der Waals surface area contributed by atoms with E-state index in [2.05, 4.69) is 29.0 Å². The number of hydrogen-bond donors (Lipinski definition) is 2. The minimum Gasteiger partial charge on any atom is -0.388 e. The lowest BCUT2D eigenvalue weighted by Crippen LogP contribution is -2.33. The quantitative estimate of drug-likeness (QED) is 0.586. The van der Waals surface area contributed by atoms with Crippen molar-refractivity contribution < 1.29 is 0 Å².